The van der Waals surface area contributed by atoms with Crippen LogP contribution in [0.3, 0.4) is 0 Å². The van der Waals surface area contributed by atoms with Crippen LogP contribution in [0.25, 0.3) is 0 Å². The number of rotatable bonds is 9. The Hall–Kier alpha value is -2.35. The van der Waals surface area contributed by atoms with Crippen molar-refractivity contribution in [2.75, 3.05) is 19.7 Å². The summed E-state index contributed by atoms with van der Waals surface area (Å²) in [5, 5.41) is 12.2. The number of hydrogen-bond acceptors (Lipinski definition) is 4. The predicted molar refractivity (Wildman–Crippen MR) is 109 cm³/mol. The van der Waals surface area contributed by atoms with E-state index in [-0.39, 0.29) is 0 Å². The van der Waals surface area contributed by atoms with Crippen LogP contribution >= 0.6 is 0 Å². The second kappa shape index (κ2) is 10.1. The highest BCUT2D eigenvalue weighted by atomic mass is 16.5. The first kappa shape index (κ1) is 19.4. The van der Waals surface area contributed by atoms with E-state index in [9.17, 15) is 0 Å². The highest BCUT2D eigenvalue weighted by molar-refractivity contribution is 5.29. The maximum atomic E-state index is 8.57. The first-order valence-electron chi connectivity index (χ1n) is 9.86. The normalized spacial score (nSPS) is 15.0. The van der Waals surface area contributed by atoms with Crippen molar-refractivity contribution in [3.63, 3.8) is 0 Å². The zero-order chi connectivity index (χ0) is 18.9. The van der Waals surface area contributed by atoms with Crippen LogP contribution in [0.5, 0.6) is 5.75 Å². The summed E-state index contributed by atoms with van der Waals surface area (Å²) in [6.45, 7) is 6.88. The van der Waals surface area contributed by atoms with Crippen LogP contribution in [0.4, 0.5) is 0 Å². The van der Waals surface area contributed by atoms with Crippen LogP contribution < -0.4 is 10.1 Å². The zero-order valence-electron chi connectivity index (χ0n) is 16.2. The fourth-order valence-electron chi connectivity index (χ4n) is 3.53. The maximum Gasteiger partial charge on any atom is 0.119 e. The summed E-state index contributed by atoms with van der Waals surface area (Å²) >= 11 is 0. The molecule has 0 aliphatic carbocycles. The van der Waals surface area contributed by atoms with Gasteiger partial charge in [-0.2, -0.15) is 5.26 Å². The molecular formula is C23H29N3O. The van der Waals surface area contributed by atoms with E-state index in [0.29, 0.717) is 19.1 Å². The van der Waals surface area contributed by atoms with Crippen molar-refractivity contribution in [2.45, 2.75) is 45.3 Å². The molecule has 0 saturated heterocycles. The van der Waals surface area contributed by atoms with Gasteiger partial charge in [0.15, 0.2) is 0 Å². The van der Waals surface area contributed by atoms with Crippen LogP contribution in [0, 0.1) is 11.3 Å². The van der Waals surface area contributed by atoms with Crippen molar-refractivity contribution in [2.24, 2.45) is 0 Å². The number of ether oxygens (including phenoxy) is 1. The molecule has 4 nitrogen and oxygen atoms in total. The monoisotopic (exact) mass is 363 g/mol. The largest absolute Gasteiger partial charge is 0.494 e. The molecule has 0 bridgehead atoms. The molecule has 3 rings (SSSR count). The van der Waals surface area contributed by atoms with Gasteiger partial charge in [0.05, 0.1) is 12.7 Å². The second-order valence-electron chi connectivity index (χ2n) is 7.23. The maximum absolute atomic E-state index is 8.57. The lowest BCUT2D eigenvalue weighted by Gasteiger charge is -2.33. The van der Waals surface area contributed by atoms with E-state index in [1.54, 1.807) is 0 Å². The molecule has 27 heavy (non-hydrogen) atoms. The SMILES string of the molecule is CC(CNCc1cccc(OCCCC#N)c1)N1CCc2ccccc2C1. The second-order valence-corrected chi connectivity index (χ2v) is 7.23. The van der Waals surface area contributed by atoms with Crippen molar-refractivity contribution in [1.82, 2.24) is 10.2 Å². The highest BCUT2D eigenvalue weighted by Gasteiger charge is 2.19. The Kier molecular flexibility index (Phi) is 7.27. The predicted octanol–water partition coefficient (Wildman–Crippen LogP) is 3.91. The minimum absolute atomic E-state index is 0.503. The Morgan fingerprint density at radius 2 is 2.04 bits per heavy atom. The average molecular weight is 364 g/mol. The third kappa shape index (κ3) is 5.82. The van der Waals surface area contributed by atoms with Gasteiger partial charge in [-0.15, -0.1) is 0 Å². The molecule has 4 heteroatoms. The topological polar surface area (TPSA) is 48.3 Å². The summed E-state index contributed by atoms with van der Waals surface area (Å²) in [4.78, 5) is 2.56. The van der Waals surface area contributed by atoms with E-state index in [1.165, 1.54) is 16.7 Å². The summed E-state index contributed by atoms with van der Waals surface area (Å²) in [5.41, 5.74) is 4.20. The Bertz CT molecular complexity index is 768. The number of unbranched alkanes of at least 4 members (excludes halogenated alkanes) is 1. The van der Waals surface area contributed by atoms with Gasteiger partial charge in [0.2, 0.25) is 0 Å². The number of fused-ring (bicyclic) bond motifs is 1. The molecule has 1 aliphatic rings. The lowest BCUT2D eigenvalue weighted by atomic mass is 9.99. The third-order valence-corrected chi connectivity index (χ3v) is 5.15. The van der Waals surface area contributed by atoms with Gasteiger partial charge in [0, 0.05) is 38.6 Å². The van der Waals surface area contributed by atoms with E-state index >= 15 is 0 Å². The summed E-state index contributed by atoms with van der Waals surface area (Å²) in [5.74, 6) is 0.882. The fourth-order valence-corrected chi connectivity index (χ4v) is 3.53. The van der Waals surface area contributed by atoms with Gasteiger partial charge in [-0.25, -0.2) is 0 Å². The molecule has 1 heterocycles. The Morgan fingerprint density at radius 1 is 1.19 bits per heavy atom. The van der Waals surface area contributed by atoms with Gasteiger partial charge in [0.1, 0.15) is 5.75 Å². The Labute approximate surface area is 162 Å². The first-order chi connectivity index (χ1) is 13.3. The van der Waals surface area contributed by atoms with Crippen molar-refractivity contribution in [1.29, 1.82) is 5.26 Å². The molecule has 1 unspecified atom stereocenters. The fraction of sp³-hybridized carbons (Fsp3) is 0.435. The van der Waals surface area contributed by atoms with Crippen molar-refractivity contribution < 1.29 is 4.74 Å². The first-order valence-corrected chi connectivity index (χ1v) is 9.86. The van der Waals surface area contributed by atoms with E-state index in [0.717, 1.165) is 44.8 Å². The lowest BCUT2D eigenvalue weighted by Crippen LogP contribution is -2.42. The number of nitrogens with zero attached hydrogens (tertiary/aromatic N) is 2. The molecule has 1 aliphatic heterocycles. The average Bonchev–Trinajstić information content (AvgIpc) is 2.71. The highest BCUT2D eigenvalue weighted by Crippen LogP contribution is 2.20. The molecule has 2 aromatic rings. The molecule has 0 amide bonds. The van der Waals surface area contributed by atoms with Gasteiger partial charge < -0.3 is 10.1 Å². The Balaban J connectivity index is 1.42. The summed E-state index contributed by atoms with van der Waals surface area (Å²) in [7, 11) is 0. The molecule has 0 saturated carbocycles. The number of hydrogen-bond donors (Lipinski definition) is 1. The Morgan fingerprint density at radius 3 is 2.89 bits per heavy atom. The van der Waals surface area contributed by atoms with E-state index < -0.39 is 0 Å². The minimum atomic E-state index is 0.503. The van der Waals surface area contributed by atoms with Crippen molar-refractivity contribution in [3.8, 4) is 11.8 Å². The standard InChI is InChI=1S/C23H29N3O/c1-19(26-13-11-21-8-2-3-9-22(21)18-26)16-25-17-20-7-6-10-23(15-20)27-14-5-4-12-24/h2-3,6-10,15,19,25H,4-5,11,13-14,16-18H2,1H3. The molecule has 0 aromatic heterocycles. The van der Waals surface area contributed by atoms with Gasteiger partial charge in [-0.1, -0.05) is 36.4 Å². The van der Waals surface area contributed by atoms with Crippen molar-refractivity contribution >= 4 is 0 Å². The molecule has 2 aromatic carbocycles. The summed E-state index contributed by atoms with van der Waals surface area (Å²) < 4.78 is 5.72. The van der Waals surface area contributed by atoms with Crippen LogP contribution in [0.1, 0.15) is 36.5 Å². The number of nitriles is 1. The van der Waals surface area contributed by atoms with Gasteiger partial charge >= 0.3 is 0 Å². The quantitative estimate of drug-likeness (QED) is 0.686. The van der Waals surface area contributed by atoms with Crippen LogP contribution in [-0.2, 0) is 19.5 Å². The third-order valence-electron chi connectivity index (χ3n) is 5.15. The van der Waals surface area contributed by atoms with E-state index in [1.807, 2.05) is 12.1 Å². The van der Waals surface area contributed by atoms with Crippen LogP contribution in [0.15, 0.2) is 48.5 Å². The zero-order valence-corrected chi connectivity index (χ0v) is 16.2. The van der Waals surface area contributed by atoms with Gasteiger partial charge in [-0.05, 0) is 48.6 Å². The molecule has 0 fully saturated rings. The van der Waals surface area contributed by atoms with Crippen LogP contribution in [0.2, 0.25) is 0 Å². The molecule has 0 radical (unpaired) electrons. The molecular weight excluding hydrogens is 334 g/mol. The van der Waals surface area contributed by atoms with Gasteiger partial charge in [-0.3, -0.25) is 4.90 Å². The lowest BCUT2D eigenvalue weighted by molar-refractivity contribution is 0.186. The number of nitrogens with one attached hydrogen (secondary N) is 1. The van der Waals surface area contributed by atoms with Crippen molar-refractivity contribution in [3.05, 3.63) is 65.2 Å². The molecule has 1 N–H and O–H groups in total. The minimum Gasteiger partial charge on any atom is -0.494 e. The van der Waals surface area contributed by atoms with Crippen LogP contribution in [-0.4, -0.2) is 30.6 Å². The molecule has 1 atom stereocenters. The smallest absolute Gasteiger partial charge is 0.119 e. The molecule has 0 spiro atoms. The number of benzene rings is 2. The van der Waals surface area contributed by atoms with E-state index in [4.69, 9.17) is 10.00 Å². The van der Waals surface area contributed by atoms with E-state index in [2.05, 4.69) is 59.6 Å². The molecule has 142 valence electrons. The van der Waals surface area contributed by atoms with Gasteiger partial charge in [0.25, 0.3) is 0 Å². The summed E-state index contributed by atoms with van der Waals surface area (Å²) in [6.07, 6.45) is 2.46. The summed E-state index contributed by atoms with van der Waals surface area (Å²) in [6, 6.07) is 19.6.